The highest BCUT2D eigenvalue weighted by Crippen LogP contribution is 2.28. The van der Waals surface area contributed by atoms with E-state index >= 15 is 0 Å². The fraction of sp³-hybridized carbons (Fsp3) is 0.143. The van der Waals surface area contributed by atoms with Gasteiger partial charge in [-0.1, -0.05) is 23.8 Å². The molecule has 110 valence electrons. The average molecular weight is 341 g/mol. The van der Waals surface area contributed by atoms with Gasteiger partial charge in [0.1, 0.15) is 22.2 Å². The number of thiophene rings is 1. The molecule has 4 nitrogen and oxygen atoms in total. The number of anilines is 1. The third-order valence-corrected chi connectivity index (χ3v) is 4.41. The lowest BCUT2D eigenvalue weighted by atomic mass is 10.3. The van der Waals surface area contributed by atoms with Gasteiger partial charge < -0.3 is 15.8 Å². The number of aryl methyl sites for hydroxylation is 1. The van der Waals surface area contributed by atoms with Gasteiger partial charge in [0.15, 0.2) is 0 Å². The third-order valence-electron chi connectivity index (χ3n) is 2.60. The van der Waals surface area contributed by atoms with E-state index in [9.17, 15) is 4.79 Å². The van der Waals surface area contributed by atoms with Crippen molar-refractivity contribution in [3.05, 3.63) is 45.1 Å². The molecule has 7 heteroatoms. The minimum Gasteiger partial charge on any atom is -0.487 e. The van der Waals surface area contributed by atoms with Crippen LogP contribution in [0.1, 0.15) is 15.2 Å². The quantitative estimate of drug-likeness (QED) is 0.816. The molecule has 1 heterocycles. The third kappa shape index (κ3) is 4.17. The molecule has 0 bridgehead atoms. The lowest BCUT2D eigenvalue weighted by Gasteiger charge is -2.07. The van der Waals surface area contributed by atoms with Crippen molar-refractivity contribution in [1.82, 2.24) is 0 Å². The molecular formula is C14H13ClN2O2S2. The number of nitrogens with one attached hydrogen (secondary N) is 1. The van der Waals surface area contributed by atoms with Crippen LogP contribution < -0.4 is 15.8 Å². The molecule has 0 aliphatic carbocycles. The van der Waals surface area contributed by atoms with Crippen LogP contribution in [-0.2, 0) is 0 Å². The molecule has 0 unspecified atom stereocenters. The summed E-state index contributed by atoms with van der Waals surface area (Å²) in [5, 5.41) is 5.13. The van der Waals surface area contributed by atoms with Gasteiger partial charge in [0.2, 0.25) is 0 Å². The van der Waals surface area contributed by atoms with Crippen LogP contribution in [0.25, 0.3) is 0 Å². The molecule has 0 aliphatic rings. The molecule has 1 amide bonds. The molecule has 0 spiro atoms. The molecule has 2 aromatic rings. The Labute approximate surface area is 136 Å². The summed E-state index contributed by atoms with van der Waals surface area (Å²) in [7, 11) is 0. The van der Waals surface area contributed by atoms with Gasteiger partial charge in [-0.05, 0) is 42.1 Å². The second kappa shape index (κ2) is 6.89. The SMILES string of the molecule is Cc1csc(C(=O)Nc2ccc(OCC(N)=S)cc2)c1Cl. The normalized spacial score (nSPS) is 10.2. The Kier molecular flexibility index (Phi) is 5.17. The summed E-state index contributed by atoms with van der Waals surface area (Å²) in [4.78, 5) is 12.9. The highest BCUT2D eigenvalue weighted by Gasteiger charge is 2.14. The Hall–Kier alpha value is -1.63. The molecule has 0 aliphatic heterocycles. The molecule has 2 rings (SSSR count). The number of halogens is 1. The van der Waals surface area contributed by atoms with Crippen LogP contribution in [0, 0.1) is 6.92 Å². The Bertz CT molecular complexity index is 668. The first-order valence-corrected chi connectivity index (χ1v) is 7.70. The molecule has 0 saturated heterocycles. The van der Waals surface area contributed by atoms with E-state index in [4.69, 9.17) is 34.3 Å². The summed E-state index contributed by atoms with van der Waals surface area (Å²) < 4.78 is 5.34. The van der Waals surface area contributed by atoms with Crippen LogP contribution in [-0.4, -0.2) is 17.5 Å². The number of rotatable bonds is 5. The highest BCUT2D eigenvalue weighted by atomic mass is 35.5. The predicted octanol–water partition coefficient (Wildman–Crippen LogP) is 3.63. The van der Waals surface area contributed by atoms with E-state index in [0.29, 0.717) is 21.3 Å². The van der Waals surface area contributed by atoms with Crippen molar-refractivity contribution in [3.8, 4) is 5.75 Å². The van der Waals surface area contributed by atoms with E-state index in [1.807, 2.05) is 12.3 Å². The Balaban J connectivity index is 2.01. The monoisotopic (exact) mass is 340 g/mol. The molecule has 1 aromatic carbocycles. The number of amides is 1. The minimum atomic E-state index is -0.227. The lowest BCUT2D eigenvalue weighted by Crippen LogP contribution is -2.17. The maximum Gasteiger partial charge on any atom is 0.267 e. The molecule has 0 atom stereocenters. The summed E-state index contributed by atoms with van der Waals surface area (Å²) in [5.41, 5.74) is 6.91. The van der Waals surface area contributed by atoms with E-state index in [2.05, 4.69) is 5.32 Å². The fourth-order valence-corrected chi connectivity index (χ4v) is 2.79. The second-order valence-corrected chi connectivity index (χ2v) is 6.08. The number of carbonyl (C=O) groups excluding carboxylic acids is 1. The van der Waals surface area contributed by atoms with Gasteiger partial charge in [0, 0.05) is 5.69 Å². The van der Waals surface area contributed by atoms with Crippen molar-refractivity contribution >= 4 is 51.7 Å². The zero-order valence-corrected chi connectivity index (χ0v) is 13.6. The summed E-state index contributed by atoms with van der Waals surface area (Å²) in [6, 6.07) is 6.94. The maximum atomic E-state index is 12.1. The molecule has 0 radical (unpaired) electrons. The van der Waals surface area contributed by atoms with Crippen molar-refractivity contribution in [2.24, 2.45) is 5.73 Å². The van der Waals surface area contributed by atoms with E-state index < -0.39 is 0 Å². The van der Waals surface area contributed by atoms with Gasteiger partial charge in [-0.25, -0.2) is 0 Å². The molecule has 3 N–H and O–H groups in total. The van der Waals surface area contributed by atoms with Gasteiger partial charge in [-0.2, -0.15) is 0 Å². The summed E-state index contributed by atoms with van der Waals surface area (Å²) >= 11 is 12.1. The average Bonchev–Trinajstić information content (AvgIpc) is 2.78. The van der Waals surface area contributed by atoms with Gasteiger partial charge in [0.25, 0.3) is 5.91 Å². The van der Waals surface area contributed by atoms with Crippen molar-refractivity contribution in [1.29, 1.82) is 0 Å². The van der Waals surface area contributed by atoms with Crippen LogP contribution in [0.4, 0.5) is 5.69 Å². The van der Waals surface area contributed by atoms with Gasteiger partial charge in [-0.3, -0.25) is 4.79 Å². The largest absolute Gasteiger partial charge is 0.487 e. The van der Waals surface area contributed by atoms with Crippen LogP contribution >= 0.6 is 35.2 Å². The minimum absolute atomic E-state index is 0.186. The van der Waals surface area contributed by atoms with Gasteiger partial charge >= 0.3 is 0 Å². The van der Waals surface area contributed by atoms with Crippen LogP contribution in [0.2, 0.25) is 5.02 Å². The Morgan fingerprint density at radius 2 is 2.10 bits per heavy atom. The van der Waals surface area contributed by atoms with Crippen molar-refractivity contribution in [2.75, 3.05) is 11.9 Å². The first-order chi connectivity index (χ1) is 9.97. The Morgan fingerprint density at radius 3 is 2.62 bits per heavy atom. The first-order valence-electron chi connectivity index (χ1n) is 6.03. The lowest BCUT2D eigenvalue weighted by molar-refractivity contribution is 0.103. The van der Waals surface area contributed by atoms with Crippen molar-refractivity contribution in [3.63, 3.8) is 0 Å². The number of hydrogen-bond acceptors (Lipinski definition) is 4. The number of thiocarbonyl (C=S) groups is 1. The molecule has 1 aromatic heterocycles. The number of ether oxygens (including phenoxy) is 1. The molecule has 21 heavy (non-hydrogen) atoms. The summed E-state index contributed by atoms with van der Waals surface area (Å²) in [6.45, 7) is 2.05. The molecule has 0 fully saturated rings. The number of carbonyl (C=O) groups is 1. The van der Waals surface area contributed by atoms with E-state index in [-0.39, 0.29) is 17.5 Å². The summed E-state index contributed by atoms with van der Waals surface area (Å²) in [5.74, 6) is 0.403. The predicted molar refractivity (Wildman–Crippen MR) is 90.7 cm³/mol. The van der Waals surface area contributed by atoms with Gasteiger partial charge in [-0.15, -0.1) is 11.3 Å². The fourth-order valence-electron chi connectivity index (χ4n) is 1.56. The first kappa shape index (κ1) is 15.8. The topological polar surface area (TPSA) is 64.3 Å². The smallest absolute Gasteiger partial charge is 0.267 e. The van der Waals surface area contributed by atoms with Crippen molar-refractivity contribution < 1.29 is 9.53 Å². The molecular weight excluding hydrogens is 328 g/mol. The number of nitrogens with two attached hydrogens (primary N) is 1. The van der Waals surface area contributed by atoms with Gasteiger partial charge in [0.05, 0.1) is 5.02 Å². The highest BCUT2D eigenvalue weighted by molar-refractivity contribution is 7.80. The van der Waals surface area contributed by atoms with Crippen LogP contribution in [0.15, 0.2) is 29.6 Å². The molecule has 0 saturated carbocycles. The van der Waals surface area contributed by atoms with E-state index in [1.54, 1.807) is 24.3 Å². The zero-order valence-electron chi connectivity index (χ0n) is 11.2. The zero-order chi connectivity index (χ0) is 15.4. The van der Waals surface area contributed by atoms with E-state index in [1.165, 1.54) is 11.3 Å². The standard InChI is InChI=1S/C14H13ClN2O2S2/c1-8-7-21-13(12(8)15)14(18)17-9-2-4-10(5-3-9)19-6-11(16)20/h2-5,7H,6H2,1H3,(H2,16,20)(H,17,18). The number of hydrogen-bond donors (Lipinski definition) is 2. The van der Waals surface area contributed by atoms with Crippen molar-refractivity contribution in [2.45, 2.75) is 6.92 Å². The maximum absolute atomic E-state index is 12.1. The van der Waals surface area contributed by atoms with Crippen LogP contribution in [0.5, 0.6) is 5.75 Å². The van der Waals surface area contributed by atoms with E-state index in [0.717, 1.165) is 5.56 Å². The Morgan fingerprint density at radius 1 is 1.43 bits per heavy atom. The second-order valence-electron chi connectivity index (χ2n) is 4.30. The number of benzene rings is 1. The summed E-state index contributed by atoms with van der Waals surface area (Å²) in [6.07, 6.45) is 0. The van der Waals surface area contributed by atoms with Crippen LogP contribution in [0.3, 0.4) is 0 Å².